The standard InChI is InChI=1S/C20H19N3O/c1-16(22-20(24)12-11-17-7-3-2-4-8-17)18-9-5-10-19(15-18)23-14-6-13-21-23/h2-16H,1H3,(H,22,24)/b12-11+/t16-/m0/s1. The quantitative estimate of drug-likeness (QED) is 0.728. The number of carbonyl (C=O) groups excluding carboxylic acids is 1. The minimum atomic E-state index is -0.115. The summed E-state index contributed by atoms with van der Waals surface area (Å²) < 4.78 is 1.80. The van der Waals surface area contributed by atoms with Crippen molar-refractivity contribution in [2.75, 3.05) is 0 Å². The number of hydrogen-bond donors (Lipinski definition) is 1. The van der Waals surface area contributed by atoms with Gasteiger partial charge in [-0.05, 0) is 42.3 Å². The van der Waals surface area contributed by atoms with Crippen LogP contribution >= 0.6 is 0 Å². The van der Waals surface area contributed by atoms with Crippen LogP contribution in [0.3, 0.4) is 0 Å². The summed E-state index contributed by atoms with van der Waals surface area (Å²) in [5, 5.41) is 7.21. The molecule has 4 heteroatoms. The molecule has 1 amide bonds. The third kappa shape index (κ3) is 3.98. The number of aromatic nitrogens is 2. The molecular formula is C20H19N3O. The zero-order valence-electron chi connectivity index (χ0n) is 13.5. The number of carbonyl (C=O) groups is 1. The van der Waals surface area contributed by atoms with E-state index in [4.69, 9.17) is 0 Å². The van der Waals surface area contributed by atoms with Gasteiger partial charge in [-0.1, -0.05) is 42.5 Å². The molecule has 0 aliphatic rings. The van der Waals surface area contributed by atoms with Crippen LogP contribution in [0.15, 0.2) is 79.1 Å². The summed E-state index contributed by atoms with van der Waals surface area (Å²) in [5.41, 5.74) is 3.00. The van der Waals surface area contributed by atoms with Crippen molar-refractivity contribution in [3.63, 3.8) is 0 Å². The molecule has 0 unspecified atom stereocenters. The summed E-state index contributed by atoms with van der Waals surface area (Å²) in [6.45, 7) is 1.97. The van der Waals surface area contributed by atoms with Crippen LogP contribution in [0.2, 0.25) is 0 Å². The lowest BCUT2D eigenvalue weighted by atomic mass is 10.1. The molecule has 1 N–H and O–H groups in total. The first kappa shape index (κ1) is 15.7. The Kier molecular flexibility index (Phi) is 4.87. The number of hydrogen-bond acceptors (Lipinski definition) is 2. The second-order valence-electron chi connectivity index (χ2n) is 5.52. The van der Waals surface area contributed by atoms with E-state index in [1.165, 1.54) is 0 Å². The van der Waals surface area contributed by atoms with Gasteiger partial charge in [-0.15, -0.1) is 0 Å². The SMILES string of the molecule is C[C@H](NC(=O)/C=C/c1ccccc1)c1cccc(-n2cccn2)c1. The first-order valence-corrected chi connectivity index (χ1v) is 7.86. The fourth-order valence-corrected chi connectivity index (χ4v) is 2.44. The van der Waals surface area contributed by atoms with Gasteiger partial charge < -0.3 is 5.32 Å². The Morgan fingerprint density at radius 1 is 1.12 bits per heavy atom. The Labute approximate surface area is 141 Å². The van der Waals surface area contributed by atoms with Crippen molar-refractivity contribution in [2.45, 2.75) is 13.0 Å². The molecule has 120 valence electrons. The molecule has 0 aliphatic carbocycles. The molecule has 0 radical (unpaired) electrons. The van der Waals surface area contributed by atoms with E-state index >= 15 is 0 Å². The number of amides is 1. The van der Waals surface area contributed by atoms with Crippen molar-refractivity contribution < 1.29 is 4.79 Å². The van der Waals surface area contributed by atoms with Crippen LogP contribution in [0, 0.1) is 0 Å². The highest BCUT2D eigenvalue weighted by Gasteiger charge is 2.08. The van der Waals surface area contributed by atoms with Crippen LogP contribution < -0.4 is 5.32 Å². The predicted molar refractivity (Wildman–Crippen MR) is 95.6 cm³/mol. The summed E-state index contributed by atoms with van der Waals surface area (Å²) in [7, 11) is 0. The zero-order chi connectivity index (χ0) is 16.8. The van der Waals surface area contributed by atoms with Gasteiger partial charge in [-0.3, -0.25) is 4.79 Å². The Hall–Kier alpha value is -3.14. The first-order valence-electron chi connectivity index (χ1n) is 7.86. The maximum atomic E-state index is 12.1. The number of nitrogens with zero attached hydrogens (tertiary/aromatic N) is 2. The molecule has 2 aromatic carbocycles. The van der Waals surface area contributed by atoms with Gasteiger partial charge in [0.25, 0.3) is 0 Å². The third-order valence-corrected chi connectivity index (χ3v) is 3.72. The fourth-order valence-electron chi connectivity index (χ4n) is 2.44. The average Bonchev–Trinajstić information content (AvgIpc) is 3.16. The van der Waals surface area contributed by atoms with Crippen molar-refractivity contribution in [1.82, 2.24) is 15.1 Å². The minimum absolute atomic E-state index is 0.0894. The van der Waals surface area contributed by atoms with Gasteiger partial charge in [-0.2, -0.15) is 5.10 Å². The van der Waals surface area contributed by atoms with Gasteiger partial charge in [0.15, 0.2) is 0 Å². The molecule has 24 heavy (non-hydrogen) atoms. The topological polar surface area (TPSA) is 46.9 Å². The maximum absolute atomic E-state index is 12.1. The lowest BCUT2D eigenvalue weighted by Crippen LogP contribution is -2.24. The van der Waals surface area contributed by atoms with E-state index in [-0.39, 0.29) is 11.9 Å². The van der Waals surface area contributed by atoms with E-state index < -0.39 is 0 Å². The van der Waals surface area contributed by atoms with Gasteiger partial charge >= 0.3 is 0 Å². The zero-order valence-corrected chi connectivity index (χ0v) is 13.5. The second kappa shape index (κ2) is 7.42. The number of benzene rings is 2. The summed E-state index contributed by atoms with van der Waals surface area (Å²) in [6.07, 6.45) is 7.00. The minimum Gasteiger partial charge on any atom is -0.346 e. The van der Waals surface area contributed by atoms with Crippen LogP contribution in [-0.4, -0.2) is 15.7 Å². The Morgan fingerprint density at radius 3 is 2.71 bits per heavy atom. The van der Waals surface area contributed by atoms with Gasteiger partial charge in [0.2, 0.25) is 5.91 Å². The predicted octanol–water partition coefficient (Wildman–Crippen LogP) is 3.76. The molecule has 1 heterocycles. The van der Waals surface area contributed by atoms with Crippen molar-refractivity contribution >= 4 is 12.0 Å². The molecule has 0 aliphatic heterocycles. The molecule has 4 nitrogen and oxygen atoms in total. The summed E-state index contributed by atoms with van der Waals surface area (Å²) in [4.78, 5) is 12.1. The monoisotopic (exact) mass is 317 g/mol. The smallest absolute Gasteiger partial charge is 0.244 e. The molecule has 3 aromatic rings. The van der Waals surface area contributed by atoms with Gasteiger partial charge in [0, 0.05) is 18.5 Å². The van der Waals surface area contributed by atoms with E-state index in [1.54, 1.807) is 17.0 Å². The first-order chi connectivity index (χ1) is 11.7. The molecule has 0 saturated heterocycles. The number of rotatable bonds is 5. The Balaban J connectivity index is 1.66. The van der Waals surface area contributed by atoms with E-state index in [0.29, 0.717) is 0 Å². The van der Waals surface area contributed by atoms with E-state index in [1.807, 2.05) is 79.9 Å². The summed E-state index contributed by atoms with van der Waals surface area (Å²) in [5.74, 6) is -0.115. The normalized spacial score (nSPS) is 12.2. The highest BCUT2D eigenvalue weighted by molar-refractivity contribution is 5.91. The molecule has 0 bridgehead atoms. The average molecular weight is 317 g/mol. The van der Waals surface area contributed by atoms with Gasteiger partial charge in [0.1, 0.15) is 0 Å². The van der Waals surface area contributed by atoms with Crippen LogP contribution in [0.1, 0.15) is 24.1 Å². The van der Waals surface area contributed by atoms with E-state index in [9.17, 15) is 4.79 Å². The van der Waals surface area contributed by atoms with Crippen molar-refractivity contribution in [1.29, 1.82) is 0 Å². The van der Waals surface area contributed by atoms with Crippen molar-refractivity contribution in [3.05, 3.63) is 90.3 Å². The van der Waals surface area contributed by atoms with E-state index in [0.717, 1.165) is 16.8 Å². The largest absolute Gasteiger partial charge is 0.346 e. The Morgan fingerprint density at radius 2 is 1.96 bits per heavy atom. The highest BCUT2D eigenvalue weighted by atomic mass is 16.1. The van der Waals surface area contributed by atoms with Crippen LogP contribution in [0.25, 0.3) is 11.8 Å². The van der Waals surface area contributed by atoms with Crippen LogP contribution in [0.4, 0.5) is 0 Å². The molecule has 0 saturated carbocycles. The summed E-state index contributed by atoms with van der Waals surface area (Å²) >= 11 is 0. The molecule has 0 spiro atoms. The molecular weight excluding hydrogens is 298 g/mol. The lowest BCUT2D eigenvalue weighted by molar-refractivity contribution is -0.117. The molecule has 3 rings (SSSR count). The van der Waals surface area contributed by atoms with Crippen molar-refractivity contribution in [2.24, 2.45) is 0 Å². The van der Waals surface area contributed by atoms with Crippen LogP contribution in [-0.2, 0) is 4.79 Å². The van der Waals surface area contributed by atoms with Crippen molar-refractivity contribution in [3.8, 4) is 5.69 Å². The lowest BCUT2D eigenvalue weighted by Gasteiger charge is -2.14. The van der Waals surface area contributed by atoms with Gasteiger partial charge in [0.05, 0.1) is 11.7 Å². The van der Waals surface area contributed by atoms with Crippen LogP contribution in [0.5, 0.6) is 0 Å². The van der Waals surface area contributed by atoms with E-state index in [2.05, 4.69) is 10.4 Å². The van der Waals surface area contributed by atoms with Gasteiger partial charge in [-0.25, -0.2) is 4.68 Å². The second-order valence-corrected chi connectivity index (χ2v) is 5.52. The maximum Gasteiger partial charge on any atom is 0.244 e. The highest BCUT2D eigenvalue weighted by Crippen LogP contribution is 2.16. The third-order valence-electron chi connectivity index (χ3n) is 3.72. The fraction of sp³-hybridized carbons (Fsp3) is 0.100. The molecule has 1 atom stereocenters. The molecule has 0 fully saturated rings. The molecule has 1 aromatic heterocycles. The Bertz CT molecular complexity index is 823. The summed E-state index contributed by atoms with van der Waals surface area (Å²) in [6, 6.07) is 19.5. The number of nitrogens with one attached hydrogen (secondary N) is 1.